The number of nitrogens with zero attached hydrogens (tertiary/aromatic N) is 1. The first-order valence-electron chi connectivity index (χ1n) is 12.1. The molecule has 1 aromatic heterocycles. The smallest absolute Gasteiger partial charge is 0.405 e. The van der Waals surface area contributed by atoms with Crippen LogP contribution in [0.2, 0.25) is 5.02 Å². The highest BCUT2D eigenvalue weighted by atomic mass is 35.5. The van der Waals surface area contributed by atoms with Crippen LogP contribution in [0.1, 0.15) is 29.5 Å². The van der Waals surface area contributed by atoms with Gasteiger partial charge in [-0.05, 0) is 48.7 Å². The van der Waals surface area contributed by atoms with Gasteiger partial charge in [0.25, 0.3) is 0 Å². The van der Waals surface area contributed by atoms with Crippen molar-refractivity contribution in [3.05, 3.63) is 63.5 Å². The topological polar surface area (TPSA) is 124 Å². The van der Waals surface area contributed by atoms with Crippen LogP contribution in [0.4, 0.5) is 24.0 Å². The number of carboxylic acid groups (broad SMARTS) is 2. The lowest BCUT2D eigenvalue weighted by Crippen LogP contribution is -2.21. The summed E-state index contributed by atoms with van der Waals surface area (Å²) in [7, 11) is 0. The Labute approximate surface area is 232 Å². The average Bonchev–Trinajstić information content (AvgIpc) is 3.23. The molecular weight excluding hydrogens is 557 g/mol. The second kappa shape index (κ2) is 14.2. The predicted molar refractivity (Wildman–Crippen MR) is 146 cm³/mol. The van der Waals surface area contributed by atoms with Crippen LogP contribution in [0.25, 0.3) is 11.3 Å². The molecular formula is C26H28ClF3N4O4S. The van der Waals surface area contributed by atoms with Crippen molar-refractivity contribution in [2.75, 3.05) is 30.3 Å². The zero-order valence-electron chi connectivity index (χ0n) is 20.8. The number of aromatic nitrogens is 1. The summed E-state index contributed by atoms with van der Waals surface area (Å²) in [6, 6.07) is 11.9. The van der Waals surface area contributed by atoms with Crippen LogP contribution < -0.4 is 16.0 Å². The van der Waals surface area contributed by atoms with Crippen molar-refractivity contribution in [3.8, 4) is 11.3 Å². The van der Waals surface area contributed by atoms with Crippen LogP contribution in [0.5, 0.6) is 0 Å². The van der Waals surface area contributed by atoms with Gasteiger partial charge in [-0.15, -0.1) is 11.3 Å². The van der Waals surface area contributed by atoms with Gasteiger partial charge in [0.05, 0.1) is 29.2 Å². The number of carboxylic acids is 2. The quantitative estimate of drug-likeness (QED) is 0.218. The molecule has 39 heavy (non-hydrogen) atoms. The van der Waals surface area contributed by atoms with Crippen molar-refractivity contribution >= 4 is 45.7 Å². The number of halogens is 4. The maximum Gasteiger partial charge on any atom is 0.405 e. The molecule has 210 valence electrons. The third-order valence-electron chi connectivity index (χ3n) is 5.70. The molecule has 13 heteroatoms. The van der Waals surface area contributed by atoms with E-state index in [4.69, 9.17) is 21.8 Å². The van der Waals surface area contributed by atoms with E-state index < -0.39 is 24.7 Å². The van der Waals surface area contributed by atoms with Crippen molar-refractivity contribution in [2.45, 2.75) is 38.4 Å². The average molecular weight is 585 g/mol. The van der Waals surface area contributed by atoms with E-state index in [1.807, 2.05) is 30.3 Å². The summed E-state index contributed by atoms with van der Waals surface area (Å²) in [5.74, 6) is -2.15. The molecule has 3 aromatic rings. The summed E-state index contributed by atoms with van der Waals surface area (Å²) in [5.41, 5.74) is 6.18. The maximum atomic E-state index is 12.3. The SMILES string of the molecule is FC(F)(F)CNc1nc(-c2ccc(CNc3c(Cl)ccc4c3CCNCC4)cc2)cs1.O=C(O)CCC(=O)O. The zero-order valence-corrected chi connectivity index (χ0v) is 22.3. The highest BCUT2D eigenvalue weighted by molar-refractivity contribution is 7.14. The van der Waals surface area contributed by atoms with Crippen LogP contribution in [-0.2, 0) is 29.0 Å². The number of hydrogen-bond donors (Lipinski definition) is 5. The molecule has 1 aliphatic rings. The van der Waals surface area contributed by atoms with E-state index >= 15 is 0 Å². The molecule has 0 atom stereocenters. The first-order valence-corrected chi connectivity index (χ1v) is 13.3. The fraction of sp³-hybridized carbons (Fsp3) is 0.346. The number of carbonyl (C=O) groups is 2. The first kappa shape index (κ1) is 30.2. The highest BCUT2D eigenvalue weighted by Crippen LogP contribution is 2.31. The van der Waals surface area contributed by atoms with Gasteiger partial charge >= 0.3 is 18.1 Å². The molecule has 4 rings (SSSR count). The minimum atomic E-state index is -4.27. The van der Waals surface area contributed by atoms with Gasteiger partial charge in [-0.25, -0.2) is 4.98 Å². The third-order valence-corrected chi connectivity index (χ3v) is 6.81. The Morgan fingerprint density at radius 2 is 1.67 bits per heavy atom. The zero-order chi connectivity index (χ0) is 28.4. The van der Waals surface area contributed by atoms with Crippen LogP contribution in [-0.4, -0.2) is 52.9 Å². The van der Waals surface area contributed by atoms with Gasteiger partial charge in [-0.2, -0.15) is 13.2 Å². The van der Waals surface area contributed by atoms with E-state index in [1.54, 1.807) is 5.38 Å². The second-order valence-corrected chi connectivity index (χ2v) is 9.92. The van der Waals surface area contributed by atoms with Crippen LogP contribution in [0.3, 0.4) is 0 Å². The highest BCUT2D eigenvalue weighted by Gasteiger charge is 2.27. The van der Waals surface area contributed by atoms with Crippen molar-refractivity contribution in [2.24, 2.45) is 0 Å². The van der Waals surface area contributed by atoms with Gasteiger partial charge in [-0.3, -0.25) is 9.59 Å². The molecule has 0 saturated heterocycles. The second-order valence-electron chi connectivity index (χ2n) is 8.65. The Balaban J connectivity index is 0.000000459. The van der Waals surface area contributed by atoms with Crippen LogP contribution in [0, 0.1) is 0 Å². The largest absolute Gasteiger partial charge is 0.481 e. The number of rotatable bonds is 9. The number of thiazole rings is 1. The van der Waals surface area contributed by atoms with Crippen molar-refractivity contribution < 1.29 is 33.0 Å². The standard InChI is InChI=1S/C22H22ClF3N4S.C4H6O4/c23-18-6-5-15-7-9-27-10-8-17(15)20(18)28-11-14-1-3-16(4-2-14)19-12-31-21(30-19)29-13-22(24,25)26;5-3(6)1-2-4(7)8/h1-6,12,27-28H,7-11,13H2,(H,29,30);1-2H2,(H,5,6)(H,7,8). The summed E-state index contributed by atoms with van der Waals surface area (Å²) in [6.45, 7) is 1.44. The minimum Gasteiger partial charge on any atom is -0.481 e. The summed E-state index contributed by atoms with van der Waals surface area (Å²) in [6.07, 6.45) is -2.93. The summed E-state index contributed by atoms with van der Waals surface area (Å²) >= 11 is 7.63. The van der Waals surface area contributed by atoms with Crippen molar-refractivity contribution in [3.63, 3.8) is 0 Å². The van der Waals surface area contributed by atoms with E-state index in [9.17, 15) is 22.8 Å². The fourth-order valence-electron chi connectivity index (χ4n) is 3.80. The van der Waals surface area contributed by atoms with Crippen molar-refractivity contribution in [1.29, 1.82) is 0 Å². The molecule has 0 unspecified atom stereocenters. The van der Waals surface area contributed by atoms with Gasteiger partial charge in [0.2, 0.25) is 0 Å². The van der Waals surface area contributed by atoms with E-state index in [-0.39, 0.29) is 18.0 Å². The summed E-state index contributed by atoms with van der Waals surface area (Å²) < 4.78 is 37.0. The normalized spacial score (nSPS) is 12.9. The molecule has 2 heterocycles. The minimum absolute atomic E-state index is 0.256. The Morgan fingerprint density at radius 3 is 2.31 bits per heavy atom. The lowest BCUT2D eigenvalue weighted by Gasteiger charge is -2.16. The summed E-state index contributed by atoms with van der Waals surface area (Å²) in [4.78, 5) is 23.5. The molecule has 0 fully saturated rings. The van der Waals surface area contributed by atoms with Crippen molar-refractivity contribution in [1.82, 2.24) is 10.3 Å². The number of anilines is 2. The molecule has 2 aromatic carbocycles. The van der Waals surface area contributed by atoms with Gasteiger partial charge in [0.1, 0.15) is 6.54 Å². The molecule has 0 bridgehead atoms. The van der Waals surface area contributed by atoms with Gasteiger partial charge in [0, 0.05) is 17.5 Å². The summed E-state index contributed by atoms with van der Waals surface area (Å²) in [5, 5.41) is 27.7. The Kier molecular flexibility index (Phi) is 11.0. The Morgan fingerprint density at radius 1 is 1.00 bits per heavy atom. The molecule has 0 aliphatic carbocycles. The number of hydrogen-bond acceptors (Lipinski definition) is 7. The lowest BCUT2D eigenvalue weighted by atomic mass is 10.0. The van der Waals surface area contributed by atoms with E-state index in [1.165, 1.54) is 11.1 Å². The van der Waals surface area contributed by atoms with Gasteiger partial charge in [-0.1, -0.05) is 41.9 Å². The van der Waals surface area contributed by atoms with E-state index in [2.05, 4.69) is 27.0 Å². The predicted octanol–water partition coefficient (Wildman–Crippen LogP) is 5.67. The molecule has 1 aliphatic heterocycles. The van der Waals surface area contributed by atoms with E-state index in [0.717, 1.165) is 59.1 Å². The fourth-order valence-corrected chi connectivity index (χ4v) is 4.76. The number of alkyl halides is 3. The third kappa shape index (κ3) is 10.0. The number of benzene rings is 2. The van der Waals surface area contributed by atoms with Crippen LogP contribution in [0.15, 0.2) is 41.8 Å². The monoisotopic (exact) mass is 584 g/mol. The number of aliphatic carboxylic acids is 2. The van der Waals surface area contributed by atoms with Crippen LogP contribution >= 0.6 is 22.9 Å². The maximum absolute atomic E-state index is 12.3. The Hall–Kier alpha value is -3.35. The van der Waals surface area contributed by atoms with E-state index in [0.29, 0.717) is 12.2 Å². The molecule has 0 radical (unpaired) electrons. The first-order chi connectivity index (χ1) is 18.5. The molecule has 5 N–H and O–H groups in total. The van der Waals surface area contributed by atoms with Gasteiger partial charge in [0.15, 0.2) is 5.13 Å². The number of fused-ring (bicyclic) bond motifs is 1. The Bertz CT molecular complexity index is 1260. The molecule has 0 saturated carbocycles. The molecule has 0 amide bonds. The molecule has 8 nitrogen and oxygen atoms in total. The lowest BCUT2D eigenvalue weighted by molar-refractivity contribution is -0.143. The molecule has 0 spiro atoms. The number of nitrogens with one attached hydrogen (secondary N) is 3. The van der Waals surface area contributed by atoms with Gasteiger partial charge < -0.3 is 26.2 Å².